The van der Waals surface area contributed by atoms with E-state index in [9.17, 15) is 30.0 Å². The van der Waals surface area contributed by atoms with Gasteiger partial charge >= 0.3 is 11.9 Å². The average molecular weight is 1040 g/mol. The number of carbonyl (C=O) groups excluding carboxylic acids is 4. The highest BCUT2D eigenvalue weighted by molar-refractivity contribution is 6.31. The van der Waals surface area contributed by atoms with Crippen molar-refractivity contribution >= 4 is 41.2 Å². The van der Waals surface area contributed by atoms with Crippen LogP contribution in [0.3, 0.4) is 0 Å². The van der Waals surface area contributed by atoms with Gasteiger partial charge in [-0.1, -0.05) is 65.3 Å². The Morgan fingerprint density at radius 3 is 2.28 bits per heavy atom. The van der Waals surface area contributed by atoms with E-state index in [1.807, 2.05) is 66.7 Å². The summed E-state index contributed by atoms with van der Waals surface area (Å²) in [5, 5.41) is 41.2. The molecule has 16 heteroatoms. The molecule has 7 aliphatic rings. The number of fused-ring (bicyclic) bond motifs is 2. The monoisotopic (exact) mass is 1030 g/mol. The Morgan fingerprint density at radius 1 is 0.878 bits per heavy atom. The highest BCUT2D eigenvalue weighted by atomic mass is 35.5. The van der Waals surface area contributed by atoms with Gasteiger partial charge < -0.3 is 53.6 Å². The molecule has 2 saturated heterocycles. The molecule has 0 radical (unpaired) electrons. The van der Waals surface area contributed by atoms with Crippen molar-refractivity contribution in [2.24, 2.45) is 11.8 Å². The van der Waals surface area contributed by atoms with E-state index < -0.39 is 89.3 Å². The molecular weight excluding hydrogens is 972 g/mol. The van der Waals surface area contributed by atoms with Gasteiger partial charge in [-0.05, 0) is 124 Å². The van der Waals surface area contributed by atoms with Crippen LogP contribution in [0.2, 0.25) is 5.02 Å². The molecule has 4 heterocycles. The molecule has 1 spiro atoms. The third-order valence-electron chi connectivity index (χ3n) is 15.2. The lowest BCUT2D eigenvalue weighted by Crippen LogP contribution is -2.72. The van der Waals surface area contributed by atoms with Crippen molar-refractivity contribution in [1.29, 1.82) is 0 Å². The molecular formula is C58H63ClO15. The van der Waals surface area contributed by atoms with Crippen LogP contribution in [-0.4, -0.2) is 104 Å². The molecule has 3 aromatic carbocycles. The number of halogens is 1. The summed E-state index contributed by atoms with van der Waals surface area (Å²) in [6.07, 6.45) is 5.21. The number of hydrogen-bond acceptors (Lipinski definition) is 15. The van der Waals surface area contributed by atoms with Crippen LogP contribution in [0.1, 0.15) is 118 Å². The zero-order valence-electron chi connectivity index (χ0n) is 42.7. The molecule has 0 amide bonds. The Bertz CT molecular complexity index is 2940. The summed E-state index contributed by atoms with van der Waals surface area (Å²) in [7, 11) is 0. The van der Waals surface area contributed by atoms with E-state index in [1.54, 1.807) is 43.3 Å². The molecule has 4 N–H and O–H groups in total. The fourth-order valence-corrected chi connectivity index (χ4v) is 11.4. The Labute approximate surface area is 435 Å². The van der Waals surface area contributed by atoms with Crippen molar-refractivity contribution in [2.45, 2.75) is 147 Å². The van der Waals surface area contributed by atoms with Gasteiger partial charge in [0.05, 0.1) is 23.3 Å². The lowest BCUT2D eigenvalue weighted by Gasteiger charge is -2.56. The van der Waals surface area contributed by atoms with E-state index >= 15 is 9.59 Å². The Morgan fingerprint density at radius 2 is 1.59 bits per heavy atom. The first kappa shape index (κ1) is 52.9. The SMILES string of the molecule is CC(C)=CCCC1(C)C=Cc2c(c(CC=C(C)C)c3c(c2OC(=O)c2ccc(O[C@@H]4O[C@H](CO)[C@@H](O)[C@@H](O)[C@H]4O)cc2)C(=O)C2=CC4CC5C(C)(C)OC(C/C=C(/C)C(=O)OCc6ccccc6Cl)(C4=O)C25O3)O1. The number of carbonyl (C=O) groups is 4. The van der Waals surface area contributed by atoms with Gasteiger partial charge in [-0.2, -0.15) is 0 Å². The fourth-order valence-electron chi connectivity index (χ4n) is 11.3. The fraction of sp³-hybridized carbons (Fsp3) is 0.448. The Balaban J connectivity index is 1.14. The summed E-state index contributed by atoms with van der Waals surface area (Å²) >= 11 is 6.35. The number of ether oxygens (including phenoxy) is 7. The first-order valence-electron chi connectivity index (χ1n) is 25.0. The van der Waals surface area contributed by atoms with Crippen LogP contribution in [0.4, 0.5) is 0 Å². The number of rotatable bonds is 15. The van der Waals surface area contributed by atoms with Crippen LogP contribution in [0.5, 0.6) is 23.0 Å². The lowest BCUT2D eigenvalue weighted by molar-refractivity contribution is -0.277. The zero-order valence-corrected chi connectivity index (χ0v) is 43.5. The maximum atomic E-state index is 15.9. The second-order valence-electron chi connectivity index (χ2n) is 21.3. The van der Waals surface area contributed by atoms with Crippen LogP contribution in [-0.2, 0) is 36.8 Å². The van der Waals surface area contributed by atoms with Gasteiger partial charge in [-0.25, -0.2) is 9.59 Å². The largest absolute Gasteiger partial charge is 0.482 e. The Kier molecular flexibility index (Phi) is 14.3. The normalized spacial score (nSPS) is 29.9. The van der Waals surface area contributed by atoms with Gasteiger partial charge in [0.1, 0.15) is 59.4 Å². The third-order valence-corrected chi connectivity index (χ3v) is 15.5. The molecule has 10 atom stereocenters. The molecule has 392 valence electrons. The van der Waals surface area contributed by atoms with Crippen molar-refractivity contribution in [1.82, 2.24) is 0 Å². The summed E-state index contributed by atoms with van der Waals surface area (Å²) in [6.45, 7) is 14.5. The Hall–Kier alpha value is -5.91. The van der Waals surface area contributed by atoms with Gasteiger partial charge in [0.25, 0.3) is 0 Å². The number of aliphatic hydroxyl groups is 4. The third kappa shape index (κ3) is 9.13. The molecule has 4 aliphatic heterocycles. The molecule has 1 saturated carbocycles. The maximum Gasteiger partial charge on any atom is 0.343 e. The number of benzene rings is 3. The first-order chi connectivity index (χ1) is 35.0. The average Bonchev–Trinajstić information content (AvgIpc) is 3.51. The molecule has 5 unspecified atom stereocenters. The second kappa shape index (κ2) is 20.0. The molecule has 10 rings (SSSR count). The van der Waals surface area contributed by atoms with Crippen LogP contribution in [0, 0.1) is 11.8 Å². The number of esters is 2. The topological polar surface area (TPSA) is 214 Å². The number of allylic oxidation sites excluding steroid dienone is 5. The zero-order chi connectivity index (χ0) is 53.2. The predicted octanol–water partition coefficient (Wildman–Crippen LogP) is 8.24. The highest BCUT2D eigenvalue weighted by Crippen LogP contribution is 2.69. The molecule has 74 heavy (non-hydrogen) atoms. The van der Waals surface area contributed by atoms with E-state index in [4.69, 9.17) is 44.8 Å². The maximum absolute atomic E-state index is 15.9. The van der Waals surface area contributed by atoms with Gasteiger partial charge in [-0.3, -0.25) is 9.59 Å². The minimum Gasteiger partial charge on any atom is -0.482 e. The lowest BCUT2D eigenvalue weighted by atomic mass is 9.51. The minimum atomic E-state index is -1.79. The van der Waals surface area contributed by atoms with Crippen molar-refractivity contribution in [3.05, 3.63) is 134 Å². The van der Waals surface area contributed by atoms with E-state index in [-0.39, 0.29) is 64.8 Å². The highest BCUT2D eigenvalue weighted by Gasteiger charge is 2.81. The summed E-state index contributed by atoms with van der Waals surface area (Å²) in [4.78, 5) is 59.1. The minimum absolute atomic E-state index is 0.0303. The van der Waals surface area contributed by atoms with Crippen molar-refractivity contribution in [3.63, 3.8) is 0 Å². The molecule has 3 aliphatic carbocycles. The van der Waals surface area contributed by atoms with Crippen molar-refractivity contribution in [2.75, 3.05) is 6.61 Å². The van der Waals surface area contributed by atoms with Crippen LogP contribution in [0.25, 0.3) is 6.08 Å². The standard InChI is InChI=1S/C58H63ClO15/c1-30(2)12-11-23-56(8)24-22-38-48(72-56)37(20-15-31(3)4)50-43(49(38)71-53(67)33-16-18-36(19-17-33)69-54-47(64)46(63)45(62)41(28-60)70-54)44(61)39-26-35-27-42-55(6,7)74-57(51(35)65,58(39,42)73-50)25-21-32(5)52(66)68-29-34-13-9-10-14-40(34)59/h9-10,12-19,21-22,24,26,35,41-42,45-47,54,60,62-64H,11,20,23,25,27-29H2,1-8H3/b32-21-/t35?,41-,42?,45-,46-,47-,54-,56?,57?,58?/m1/s1. The number of Topliss-reactive ketones (excluding diaryl/α,β-unsaturated/α-hetero) is 2. The molecule has 4 bridgehead atoms. The summed E-state index contributed by atoms with van der Waals surface area (Å²) in [5.74, 6) is -3.14. The predicted molar refractivity (Wildman–Crippen MR) is 272 cm³/mol. The quantitative estimate of drug-likeness (QED) is 0.0488. The van der Waals surface area contributed by atoms with E-state index in [1.165, 1.54) is 24.3 Å². The van der Waals surface area contributed by atoms with Crippen molar-refractivity contribution < 1.29 is 72.8 Å². The number of ketones is 2. The van der Waals surface area contributed by atoms with Gasteiger partial charge in [0.2, 0.25) is 6.29 Å². The first-order valence-corrected chi connectivity index (χ1v) is 25.4. The van der Waals surface area contributed by atoms with Gasteiger partial charge in [-0.15, -0.1) is 0 Å². The van der Waals surface area contributed by atoms with E-state index in [0.717, 1.165) is 11.1 Å². The summed E-state index contributed by atoms with van der Waals surface area (Å²) in [5.41, 5.74) is -1.36. The van der Waals surface area contributed by atoms with Crippen LogP contribution >= 0.6 is 11.6 Å². The molecule has 3 fully saturated rings. The number of hydrogen-bond donors (Lipinski definition) is 4. The summed E-state index contributed by atoms with van der Waals surface area (Å²) < 4.78 is 44.9. The van der Waals surface area contributed by atoms with Crippen LogP contribution < -0.4 is 18.9 Å². The molecule has 3 aromatic rings. The van der Waals surface area contributed by atoms with Gasteiger partial charge in [0.15, 0.2) is 28.5 Å². The van der Waals surface area contributed by atoms with Crippen molar-refractivity contribution in [3.8, 4) is 23.0 Å². The van der Waals surface area contributed by atoms with E-state index in [2.05, 4.69) is 6.08 Å². The van der Waals surface area contributed by atoms with Gasteiger partial charge in [0, 0.05) is 45.6 Å². The molecule has 15 nitrogen and oxygen atoms in total. The molecule has 0 aromatic heterocycles. The second-order valence-corrected chi connectivity index (χ2v) is 21.7. The smallest absolute Gasteiger partial charge is 0.343 e. The van der Waals surface area contributed by atoms with Crippen LogP contribution in [0.15, 0.2) is 101 Å². The number of aliphatic hydroxyl groups excluding tert-OH is 4. The van der Waals surface area contributed by atoms with E-state index in [0.29, 0.717) is 46.7 Å². The summed E-state index contributed by atoms with van der Waals surface area (Å²) in [6, 6.07) is 12.7.